The van der Waals surface area contributed by atoms with Gasteiger partial charge in [0.05, 0.1) is 9.82 Å². The lowest BCUT2D eigenvalue weighted by Gasteiger charge is -2.17. The highest BCUT2D eigenvalue weighted by Crippen LogP contribution is 2.31. The summed E-state index contributed by atoms with van der Waals surface area (Å²) in [5.41, 5.74) is -0.148. The summed E-state index contributed by atoms with van der Waals surface area (Å²) in [6.45, 7) is 0.356. The van der Waals surface area contributed by atoms with Crippen molar-refractivity contribution in [1.29, 1.82) is 0 Å². The van der Waals surface area contributed by atoms with Gasteiger partial charge in [-0.25, -0.2) is 13.1 Å². The van der Waals surface area contributed by atoms with Crippen LogP contribution in [0.25, 0.3) is 0 Å². The molecule has 2 unspecified atom stereocenters. The lowest BCUT2D eigenvalue weighted by atomic mass is 9.97. The first-order chi connectivity index (χ1) is 9.94. The van der Waals surface area contributed by atoms with Gasteiger partial charge < -0.3 is 5.11 Å². The molecule has 0 aliphatic heterocycles. The number of nitro benzene ring substituents is 1. The molecule has 2 N–H and O–H groups in total. The number of nitro groups is 1. The number of aliphatic hydroxyl groups excluding tert-OH is 1. The zero-order valence-corrected chi connectivity index (χ0v) is 12.3. The number of nitrogens with one attached hydrogen (secondary N) is 1. The molecule has 116 valence electrons. The molecule has 7 nitrogen and oxygen atoms in total. The van der Waals surface area contributed by atoms with E-state index in [4.69, 9.17) is 0 Å². The Kier molecular flexibility index (Phi) is 4.92. The Labute approximate surface area is 123 Å². The minimum absolute atomic E-state index is 0.00615. The van der Waals surface area contributed by atoms with E-state index in [0.717, 1.165) is 19.3 Å². The highest BCUT2D eigenvalue weighted by Gasteiger charge is 2.28. The maximum Gasteiger partial charge on any atom is 0.269 e. The Morgan fingerprint density at radius 3 is 2.43 bits per heavy atom. The molecule has 0 bridgehead atoms. The molecular weight excluding hydrogens is 296 g/mol. The molecule has 0 amide bonds. The monoisotopic (exact) mass is 314 g/mol. The van der Waals surface area contributed by atoms with E-state index < -0.39 is 14.9 Å². The van der Waals surface area contributed by atoms with Gasteiger partial charge in [-0.3, -0.25) is 10.1 Å². The molecule has 8 heteroatoms. The van der Waals surface area contributed by atoms with Gasteiger partial charge in [-0.1, -0.05) is 6.42 Å². The minimum atomic E-state index is -3.68. The molecule has 1 aromatic carbocycles. The van der Waals surface area contributed by atoms with Crippen molar-refractivity contribution in [2.45, 2.75) is 24.2 Å². The fourth-order valence-corrected chi connectivity index (χ4v) is 3.76. The van der Waals surface area contributed by atoms with Gasteiger partial charge in [0.25, 0.3) is 5.69 Å². The van der Waals surface area contributed by atoms with Crippen LogP contribution >= 0.6 is 0 Å². The predicted octanol–water partition coefficient (Wildman–Crippen LogP) is 1.28. The van der Waals surface area contributed by atoms with Crippen molar-refractivity contribution in [2.75, 3.05) is 13.2 Å². The fourth-order valence-electron chi connectivity index (χ4n) is 2.67. The summed E-state index contributed by atoms with van der Waals surface area (Å²) in [5, 5.41) is 19.8. The third-order valence-corrected chi connectivity index (χ3v) is 5.38. The molecule has 21 heavy (non-hydrogen) atoms. The van der Waals surface area contributed by atoms with Crippen LogP contribution < -0.4 is 4.72 Å². The summed E-state index contributed by atoms with van der Waals surface area (Å²) < 4.78 is 26.8. The first-order valence-corrected chi connectivity index (χ1v) is 8.27. The van der Waals surface area contributed by atoms with E-state index in [-0.39, 0.29) is 35.6 Å². The smallest absolute Gasteiger partial charge is 0.269 e. The number of hydrogen-bond donors (Lipinski definition) is 2. The number of aliphatic hydroxyl groups is 1. The molecule has 1 saturated carbocycles. The van der Waals surface area contributed by atoms with Crippen molar-refractivity contribution in [3.63, 3.8) is 0 Å². The predicted molar refractivity (Wildman–Crippen MR) is 76.2 cm³/mol. The molecule has 0 saturated heterocycles. The van der Waals surface area contributed by atoms with Crippen LogP contribution in [0.5, 0.6) is 0 Å². The van der Waals surface area contributed by atoms with Crippen LogP contribution in [0.15, 0.2) is 29.2 Å². The van der Waals surface area contributed by atoms with Gasteiger partial charge in [-0.2, -0.15) is 0 Å². The summed E-state index contributed by atoms with van der Waals surface area (Å²) >= 11 is 0. The Balaban J connectivity index is 2.02. The van der Waals surface area contributed by atoms with Crippen molar-refractivity contribution in [3.8, 4) is 0 Å². The molecule has 1 aromatic rings. The Morgan fingerprint density at radius 2 is 1.86 bits per heavy atom. The topological polar surface area (TPSA) is 110 Å². The molecule has 2 rings (SSSR count). The van der Waals surface area contributed by atoms with Crippen molar-refractivity contribution >= 4 is 15.7 Å². The largest absolute Gasteiger partial charge is 0.396 e. The van der Waals surface area contributed by atoms with Crippen LogP contribution in [0.4, 0.5) is 5.69 Å². The van der Waals surface area contributed by atoms with Crippen molar-refractivity contribution in [3.05, 3.63) is 34.4 Å². The summed E-state index contributed by atoms with van der Waals surface area (Å²) in [4.78, 5) is 9.98. The number of nitrogens with zero attached hydrogens (tertiary/aromatic N) is 1. The van der Waals surface area contributed by atoms with Crippen LogP contribution in [-0.2, 0) is 10.0 Å². The molecule has 1 aliphatic carbocycles. The quantitative estimate of drug-likeness (QED) is 0.607. The third kappa shape index (κ3) is 3.78. The molecular formula is C13H18N2O5S. The number of benzene rings is 1. The van der Waals surface area contributed by atoms with Gasteiger partial charge in [-0.05, 0) is 36.8 Å². The van der Waals surface area contributed by atoms with Crippen LogP contribution in [0.2, 0.25) is 0 Å². The number of non-ortho nitro benzene ring substituents is 1. The summed E-state index contributed by atoms with van der Waals surface area (Å²) in [7, 11) is -3.68. The van der Waals surface area contributed by atoms with Crippen LogP contribution in [0.3, 0.4) is 0 Å². The van der Waals surface area contributed by atoms with Gasteiger partial charge in [0, 0.05) is 25.3 Å². The van der Waals surface area contributed by atoms with Gasteiger partial charge in [0.15, 0.2) is 0 Å². The first kappa shape index (κ1) is 15.9. The highest BCUT2D eigenvalue weighted by atomic mass is 32.2. The highest BCUT2D eigenvalue weighted by molar-refractivity contribution is 7.89. The van der Waals surface area contributed by atoms with Gasteiger partial charge in [-0.15, -0.1) is 0 Å². The van der Waals surface area contributed by atoms with Gasteiger partial charge in [0.2, 0.25) is 10.0 Å². The third-order valence-electron chi connectivity index (χ3n) is 3.94. The van der Waals surface area contributed by atoms with Gasteiger partial charge >= 0.3 is 0 Å². The zero-order chi connectivity index (χ0) is 15.5. The summed E-state index contributed by atoms with van der Waals surface area (Å²) in [5.74, 6) is 0.285. The number of sulfonamides is 1. The maximum atomic E-state index is 12.1. The minimum Gasteiger partial charge on any atom is -0.396 e. The van der Waals surface area contributed by atoms with Gasteiger partial charge in [0.1, 0.15) is 0 Å². The fraction of sp³-hybridized carbons (Fsp3) is 0.538. The molecule has 1 fully saturated rings. The van der Waals surface area contributed by atoms with E-state index in [9.17, 15) is 23.6 Å². The summed E-state index contributed by atoms with van der Waals surface area (Å²) in [6.07, 6.45) is 2.81. The number of hydrogen-bond acceptors (Lipinski definition) is 5. The Morgan fingerprint density at radius 1 is 1.24 bits per heavy atom. The van der Waals surface area contributed by atoms with E-state index in [0.29, 0.717) is 0 Å². The van der Waals surface area contributed by atoms with Crippen LogP contribution in [-0.4, -0.2) is 31.6 Å². The standard InChI is InChI=1S/C13H18N2O5S/c16-9-11-3-1-2-10(11)8-14-21(19,20)13-6-4-12(5-7-13)15(17)18/h4-7,10-11,14,16H,1-3,8-9H2. The normalized spacial score (nSPS) is 22.3. The average Bonchev–Trinajstić information content (AvgIpc) is 2.93. The van der Waals surface area contributed by atoms with E-state index in [1.165, 1.54) is 24.3 Å². The second-order valence-electron chi connectivity index (χ2n) is 5.24. The molecule has 0 heterocycles. The second kappa shape index (κ2) is 6.50. The molecule has 1 aliphatic rings. The van der Waals surface area contributed by atoms with Crippen molar-refractivity contribution in [2.24, 2.45) is 11.8 Å². The van der Waals surface area contributed by atoms with E-state index in [1.54, 1.807) is 0 Å². The average molecular weight is 314 g/mol. The molecule has 0 radical (unpaired) electrons. The summed E-state index contributed by atoms with van der Waals surface area (Å²) in [6, 6.07) is 4.78. The SMILES string of the molecule is O=[N+]([O-])c1ccc(S(=O)(=O)NCC2CCCC2CO)cc1. The van der Waals surface area contributed by atoms with E-state index >= 15 is 0 Å². The number of rotatable bonds is 6. The van der Waals surface area contributed by atoms with E-state index in [1.807, 2.05) is 0 Å². The second-order valence-corrected chi connectivity index (χ2v) is 7.00. The molecule has 0 spiro atoms. The maximum absolute atomic E-state index is 12.1. The lowest BCUT2D eigenvalue weighted by molar-refractivity contribution is -0.384. The van der Waals surface area contributed by atoms with E-state index in [2.05, 4.69) is 4.72 Å². The molecule has 0 aromatic heterocycles. The zero-order valence-electron chi connectivity index (χ0n) is 11.4. The lowest BCUT2D eigenvalue weighted by Crippen LogP contribution is -2.31. The van der Waals surface area contributed by atoms with Crippen LogP contribution in [0.1, 0.15) is 19.3 Å². The van der Waals surface area contributed by atoms with Crippen LogP contribution in [0, 0.1) is 22.0 Å². The first-order valence-electron chi connectivity index (χ1n) is 6.79. The van der Waals surface area contributed by atoms with Crippen molar-refractivity contribution in [1.82, 2.24) is 4.72 Å². The van der Waals surface area contributed by atoms with Crippen molar-refractivity contribution < 1.29 is 18.4 Å². The molecule has 2 atom stereocenters. The Bertz CT molecular complexity index is 599. The Hall–Kier alpha value is -1.51.